The van der Waals surface area contributed by atoms with E-state index in [4.69, 9.17) is 9.47 Å². The molecular weight excluding hydrogens is 425 g/mol. The minimum absolute atomic E-state index is 0. The number of nitrogens with zero attached hydrogens (tertiary/aromatic N) is 3. The lowest BCUT2D eigenvalue weighted by Crippen LogP contribution is -2.53. The summed E-state index contributed by atoms with van der Waals surface area (Å²) in [6, 6.07) is 10.3. The van der Waals surface area contributed by atoms with Crippen LogP contribution in [-0.4, -0.2) is 53.1 Å². The number of piperazine rings is 1. The molecule has 3 rings (SSSR count). The van der Waals surface area contributed by atoms with Gasteiger partial charge in [0.25, 0.3) is 0 Å². The predicted molar refractivity (Wildman–Crippen MR) is 106 cm³/mol. The van der Waals surface area contributed by atoms with Crippen molar-refractivity contribution in [3.05, 3.63) is 47.7 Å². The summed E-state index contributed by atoms with van der Waals surface area (Å²) in [6.45, 7) is 1.98. The van der Waals surface area contributed by atoms with Gasteiger partial charge in [-0.3, -0.25) is 0 Å². The van der Waals surface area contributed by atoms with Crippen LogP contribution in [0.4, 0.5) is 18.0 Å². The summed E-state index contributed by atoms with van der Waals surface area (Å²) in [7, 11) is 1.40. The molecule has 7 nitrogen and oxygen atoms in total. The van der Waals surface area contributed by atoms with Crippen molar-refractivity contribution in [2.75, 3.05) is 26.2 Å². The fourth-order valence-electron chi connectivity index (χ4n) is 3.02. The zero-order valence-corrected chi connectivity index (χ0v) is 17.2. The molecule has 1 aromatic carbocycles. The zero-order valence-electron chi connectivity index (χ0n) is 16.4. The van der Waals surface area contributed by atoms with Gasteiger partial charge in [-0.15, -0.1) is 12.4 Å². The largest absolute Gasteiger partial charge is 0.478 e. The molecule has 1 fully saturated rings. The van der Waals surface area contributed by atoms with E-state index >= 15 is 0 Å². The highest BCUT2D eigenvalue weighted by atomic mass is 35.5. The van der Waals surface area contributed by atoms with Gasteiger partial charge in [0.2, 0.25) is 5.88 Å². The first-order chi connectivity index (χ1) is 13.8. The Balaban J connectivity index is 0.00000320. The minimum Gasteiger partial charge on any atom is -0.478 e. The van der Waals surface area contributed by atoms with Gasteiger partial charge in [0.1, 0.15) is 6.61 Å². The van der Waals surface area contributed by atoms with Gasteiger partial charge in [0.05, 0.1) is 6.61 Å². The minimum atomic E-state index is -4.51. The van der Waals surface area contributed by atoms with Gasteiger partial charge in [-0.1, -0.05) is 30.3 Å². The molecule has 0 saturated carbocycles. The predicted octanol–water partition coefficient (Wildman–Crippen LogP) is 3.24. The Bertz CT molecular complexity index is 817. The molecule has 166 valence electrons. The van der Waals surface area contributed by atoms with Crippen LogP contribution in [-0.2, 0) is 24.6 Å². The van der Waals surface area contributed by atoms with Gasteiger partial charge < -0.3 is 19.7 Å². The highest BCUT2D eigenvalue weighted by molar-refractivity contribution is 5.85. The Kier molecular flexibility index (Phi) is 8.36. The van der Waals surface area contributed by atoms with E-state index in [0.717, 1.165) is 16.3 Å². The molecule has 0 aliphatic carbocycles. The van der Waals surface area contributed by atoms with Crippen LogP contribution in [0.25, 0.3) is 0 Å². The lowest BCUT2D eigenvalue weighted by Gasteiger charge is -2.33. The average molecular weight is 449 g/mol. The van der Waals surface area contributed by atoms with Crippen molar-refractivity contribution < 1.29 is 27.4 Å². The molecule has 1 saturated heterocycles. The second kappa shape index (κ2) is 10.5. The lowest BCUT2D eigenvalue weighted by molar-refractivity contribution is -0.141. The van der Waals surface area contributed by atoms with E-state index in [1.165, 1.54) is 7.05 Å². The van der Waals surface area contributed by atoms with Crippen LogP contribution < -0.4 is 10.1 Å². The normalized spacial score (nSPS) is 16.7. The summed E-state index contributed by atoms with van der Waals surface area (Å²) in [4.78, 5) is 13.9. The molecule has 2 heterocycles. The molecule has 0 radical (unpaired) electrons. The van der Waals surface area contributed by atoms with Crippen molar-refractivity contribution in [2.24, 2.45) is 7.05 Å². The monoisotopic (exact) mass is 448 g/mol. The molecule has 0 spiro atoms. The standard InChI is InChI=1S/C19H23F3N4O3.ClH/c1-25-17(11-16(24-25)19(20,21)22)28-10-7-15-12-26(9-8-23-15)18(27)29-13-14-5-3-2-4-6-14;/h2-6,11,15,23H,7-10,12-13H2,1H3;1H/t15-;/m1./s1. The van der Waals surface area contributed by atoms with Crippen molar-refractivity contribution in [3.63, 3.8) is 0 Å². The maximum atomic E-state index is 12.7. The quantitative estimate of drug-likeness (QED) is 0.734. The number of benzene rings is 1. The van der Waals surface area contributed by atoms with E-state index in [0.29, 0.717) is 26.1 Å². The number of rotatable bonds is 6. The van der Waals surface area contributed by atoms with Gasteiger partial charge in [0, 0.05) is 38.8 Å². The highest BCUT2D eigenvalue weighted by Gasteiger charge is 2.35. The number of amides is 1. The Labute approximate surface area is 178 Å². The van der Waals surface area contributed by atoms with Crippen molar-refractivity contribution in [2.45, 2.75) is 25.2 Å². The topological polar surface area (TPSA) is 68.6 Å². The molecule has 1 atom stereocenters. The summed E-state index contributed by atoms with van der Waals surface area (Å²) < 4.78 is 49.9. The van der Waals surface area contributed by atoms with Crippen molar-refractivity contribution in [1.29, 1.82) is 0 Å². The van der Waals surface area contributed by atoms with E-state index in [2.05, 4.69) is 10.4 Å². The Morgan fingerprint density at radius 2 is 2.03 bits per heavy atom. The molecule has 1 N–H and O–H groups in total. The number of aryl methyl sites for hydroxylation is 1. The number of alkyl halides is 3. The number of carbonyl (C=O) groups is 1. The van der Waals surface area contributed by atoms with Crippen LogP contribution in [0.1, 0.15) is 17.7 Å². The van der Waals surface area contributed by atoms with Crippen LogP contribution in [0.15, 0.2) is 36.4 Å². The van der Waals surface area contributed by atoms with E-state index in [-0.39, 0.29) is 43.6 Å². The molecule has 1 aromatic heterocycles. The van der Waals surface area contributed by atoms with Gasteiger partial charge in [-0.05, 0) is 12.0 Å². The van der Waals surface area contributed by atoms with Crippen LogP contribution in [0.2, 0.25) is 0 Å². The first kappa shape index (κ1) is 23.8. The molecule has 0 bridgehead atoms. The molecule has 11 heteroatoms. The Hall–Kier alpha value is -2.46. The van der Waals surface area contributed by atoms with E-state index in [1.54, 1.807) is 4.90 Å². The SMILES string of the molecule is Cl.Cn1nc(C(F)(F)F)cc1OCC[C@@H]1CN(C(=O)OCc2ccccc2)CCN1. The number of hydrogen-bond donors (Lipinski definition) is 1. The Morgan fingerprint density at radius 3 is 2.70 bits per heavy atom. The lowest BCUT2D eigenvalue weighted by atomic mass is 10.1. The van der Waals surface area contributed by atoms with E-state index < -0.39 is 11.9 Å². The molecule has 30 heavy (non-hydrogen) atoms. The van der Waals surface area contributed by atoms with Crippen molar-refractivity contribution >= 4 is 18.5 Å². The maximum absolute atomic E-state index is 12.7. The number of ether oxygens (including phenoxy) is 2. The van der Waals surface area contributed by atoms with Crippen LogP contribution >= 0.6 is 12.4 Å². The first-order valence-electron chi connectivity index (χ1n) is 9.26. The number of hydrogen-bond acceptors (Lipinski definition) is 5. The molecular formula is C19H24ClF3N4O3. The molecule has 1 amide bonds. The number of carbonyl (C=O) groups excluding carboxylic acids is 1. The third kappa shape index (κ3) is 6.53. The number of aromatic nitrogens is 2. The smallest absolute Gasteiger partial charge is 0.435 e. The third-order valence-corrected chi connectivity index (χ3v) is 4.56. The van der Waals surface area contributed by atoms with Gasteiger partial charge in [0.15, 0.2) is 5.69 Å². The van der Waals surface area contributed by atoms with Crippen molar-refractivity contribution in [3.8, 4) is 5.88 Å². The number of nitrogens with one attached hydrogen (secondary N) is 1. The van der Waals surface area contributed by atoms with Crippen LogP contribution in [0.3, 0.4) is 0 Å². The summed E-state index contributed by atoms with van der Waals surface area (Å²) in [6.07, 6.45) is -4.37. The number of halogens is 4. The summed E-state index contributed by atoms with van der Waals surface area (Å²) in [5.74, 6) is 0.0484. The van der Waals surface area contributed by atoms with Gasteiger partial charge in [-0.2, -0.15) is 18.3 Å². The van der Waals surface area contributed by atoms with Crippen LogP contribution in [0, 0.1) is 0 Å². The third-order valence-electron chi connectivity index (χ3n) is 4.56. The zero-order chi connectivity index (χ0) is 20.9. The second-order valence-corrected chi connectivity index (χ2v) is 6.76. The van der Waals surface area contributed by atoms with Crippen molar-refractivity contribution in [1.82, 2.24) is 20.0 Å². The molecule has 1 aliphatic heterocycles. The molecule has 0 unspecified atom stereocenters. The van der Waals surface area contributed by atoms with Gasteiger partial charge >= 0.3 is 12.3 Å². The molecule has 1 aliphatic rings. The molecule has 2 aromatic rings. The van der Waals surface area contributed by atoms with Crippen LogP contribution in [0.5, 0.6) is 5.88 Å². The van der Waals surface area contributed by atoms with E-state index in [9.17, 15) is 18.0 Å². The van der Waals surface area contributed by atoms with E-state index in [1.807, 2.05) is 30.3 Å². The summed E-state index contributed by atoms with van der Waals surface area (Å²) in [5.41, 5.74) is -0.0755. The highest BCUT2D eigenvalue weighted by Crippen LogP contribution is 2.30. The average Bonchev–Trinajstić information content (AvgIpc) is 3.08. The fraction of sp³-hybridized carbons (Fsp3) is 0.474. The summed E-state index contributed by atoms with van der Waals surface area (Å²) >= 11 is 0. The first-order valence-corrected chi connectivity index (χ1v) is 9.26. The Morgan fingerprint density at radius 1 is 1.30 bits per heavy atom. The maximum Gasteiger partial charge on any atom is 0.435 e. The summed E-state index contributed by atoms with van der Waals surface area (Å²) in [5, 5.41) is 6.69. The fourth-order valence-corrected chi connectivity index (χ4v) is 3.02. The van der Waals surface area contributed by atoms with Gasteiger partial charge in [-0.25, -0.2) is 9.48 Å². The second-order valence-electron chi connectivity index (χ2n) is 6.76.